The van der Waals surface area contributed by atoms with E-state index in [4.69, 9.17) is 0 Å². The molecule has 0 aliphatic carbocycles. The third-order valence-corrected chi connectivity index (χ3v) is 3.96. The first kappa shape index (κ1) is 16.0. The molecule has 3 heterocycles. The van der Waals surface area contributed by atoms with Crippen molar-refractivity contribution in [3.05, 3.63) is 48.7 Å². The lowest BCUT2D eigenvalue weighted by Gasteiger charge is -2.32. The number of hydrogen-bond acceptors (Lipinski definition) is 5. The van der Waals surface area contributed by atoms with Crippen LogP contribution in [0.3, 0.4) is 0 Å². The van der Waals surface area contributed by atoms with E-state index in [1.165, 1.54) is 6.92 Å². The van der Waals surface area contributed by atoms with E-state index in [9.17, 15) is 4.79 Å². The molecular weight excluding hydrogens is 302 g/mol. The lowest BCUT2D eigenvalue weighted by Crippen LogP contribution is -2.39. The molecule has 1 saturated heterocycles. The quantitative estimate of drug-likeness (QED) is 0.909. The molecule has 3 rings (SSSR count). The maximum absolute atomic E-state index is 11.2. The summed E-state index contributed by atoms with van der Waals surface area (Å²) in [6.07, 6.45) is 4.58. The number of carbonyl (C=O) groups is 1. The Balaban J connectivity index is 1.96. The average Bonchev–Trinajstić information content (AvgIpc) is 2.56. The monoisotopic (exact) mass is 323 g/mol. The molecule has 24 heavy (non-hydrogen) atoms. The first-order valence-corrected chi connectivity index (χ1v) is 7.95. The first-order valence-electron chi connectivity index (χ1n) is 7.95. The van der Waals surface area contributed by atoms with Crippen LogP contribution in [-0.2, 0) is 4.79 Å². The number of carbonyl (C=O) groups excluding carboxylic acids is 1. The molecule has 0 atom stereocenters. The van der Waals surface area contributed by atoms with Crippen LogP contribution in [0.2, 0.25) is 0 Å². The van der Waals surface area contributed by atoms with Crippen molar-refractivity contribution in [1.82, 2.24) is 15.3 Å². The molecule has 0 radical (unpaired) electrons. The van der Waals surface area contributed by atoms with Gasteiger partial charge in [0.2, 0.25) is 5.91 Å². The third-order valence-electron chi connectivity index (χ3n) is 3.96. The molecule has 2 N–H and O–H groups in total. The molecule has 1 amide bonds. The molecule has 2 aromatic rings. The maximum Gasteiger partial charge on any atom is 0.222 e. The molecule has 0 aromatic carbocycles. The Labute approximate surface area is 141 Å². The van der Waals surface area contributed by atoms with Gasteiger partial charge >= 0.3 is 0 Å². The third kappa shape index (κ3) is 3.37. The van der Waals surface area contributed by atoms with Gasteiger partial charge in [-0.3, -0.25) is 9.78 Å². The zero-order valence-corrected chi connectivity index (χ0v) is 14.0. The van der Waals surface area contributed by atoms with Gasteiger partial charge in [-0.1, -0.05) is 6.58 Å². The predicted octanol–water partition coefficient (Wildman–Crippen LogP) is 2.68. The van der Waals surface area contributed by atoms with Crippen LogP contribution < -0.4 is 15.5 Å². The van der Waals surface area contributed by atoms with E-state index in [1.807, 2.05) is 25.3 Å². The van der Waals surface area contributed by atoms with Crippen molar-refractivity contribution in [2.45, 2.75) is 20.3 Å². The second-order valence-electron chi connectivity index (χ2n) is 5.82. The fraction of sp³-hybridized carbons (Fsp3) is 0.278. The summed E-state index contributed by atoms with van der Waals surface area (Å²) in [7, 11) is 0. The van der Waals surface area contributed by atoms with E-state index in [0.29, 0.717) is 5.82 Å². The van der Waals surface area contributed by atoms with Crippen molar-refractivity contribution in [2.75, 3.05) is 23.3 Å². The van der Waals surface area contributed by atoms with Gasteiger partial charge in [0.1, 0.15) is 5.82 Å². The van der Waals surface area contributed by atoms with Gasteiger partial charge in [-0.15, -0.1) is 0 Å². The molecule has 1 aliphatic heterocycles. The summed E-state index contributed by atoms with van der Waals surface area (Å²) in [6, 6.07) is 5.86. The average molecular weight is 323 g/mol. The number of anilines is 2. The van der Waals surface area contributed by atoms with Gasteiger partial charge < -0.3 is 15.5 Å². The molecule has 0 bridgehead atoms. The zero-order valence-electron chi connectivity index (χ0n) is 14.0. The number of rotatable bonds is 3. The number of nitrogens with zero attached hydrogens (tertiary/aromatic N) is 3. The van der Waals surface area contributed by atoms with E-state index in [0.717, 1.165) is 47.8 Å². The van der Waals surface area contributed by atoms with Crippen LogP contribution in [0.5, 0.6) is 0 Å². The second kappa shape index (κ2) is 6.70. The Bertz CT molecular complexity index is 787. The summed E-state index contributed by atoms with van der Waals surface area (Å²) in [6.45, 7) is 9.43. The normalized spacial score (nSPS) is 14.2. The van der Waals surface area contributed by atoms with Gasteiger partial charge in [0.05, 0.1) is 17.2 Å². The highest BCUT2D eigenvalue weighted by Gasteiger charge is 2.17. The van der Waals surface area contributed by atoms with E-state index >= 15 is 0 Å². The van der Waals surface area contributed by atoms with Crippen LogP contribution in [0.4, 0.5) is 11.5 Å². The van der Waals surface area contributed by atoms with Crippen molar-refractivity contribution in [2.24, 2.45) is 0 Å². The minimum absolute atomic E-state index is 0.141. The number of aryl methyl sites for hydroxylation is 1. The predicted molar refractivity (Wildman–Crippen MR) is 95.6 cm³/mol. The Hall–Kier alpha value is -2.89. The van der Waals surface area contributed by atoms with Gasteiger partial charge in [-0.05, 0) is 37.1 Å². The van der Waals surface area contributed by atoms with Crippen molar-refractivity contribution in [1.29, 1.82) is 0 Å². The topological polar surface area (TPSA) is 70.2 Å². The van der Waals surface area contributed by atoms with Crippen LogP contribution in [-0.4, -0.2) is 29.0 Å². The van der Waals surface area contributed by atoms with Crippen molar-refractivity contribution in [3.63, 3.8) is 0 Å². The molecule has 0 unspecified atom stereocenters. The summed E-state index contributed by atoms with van der Waals surface area (Å²) < 4.78 is 0. The van der Waals surface area contributed by atoms with Crippen molar-refractivity contribution >= 4 is 17.4 Å². The summed E-state index contributed by atoms with van der Waals surface area (Å²) in [5.74, 6) is 1.29. The number of amides is 1. The van der Waals surface area contributed by atoms with E-state index in [2.05, 4.69) is 38.1 Å². The van der Waals surface area contributed by atoms with E-state index in [-0.39, 0.29) is 5.91 Å². The van der Waals surface area contributed by atoms with Gasteiger partial charge in [0.25, 0.3) is 0 Å². The van der Waals surface area contributed by atoms with Crippen LogP contribution in [0.25, 0.3) is 11.1 Å². The second-order valence-corrected chi connectivity index (χ2v) is 5.82. The van der Waals surface area contributed by atoms with Gasteiger partial charge in [0.15, 0.2) is 0 Å². The highest BCUT2D eigenvalue weighted by molar-refractivity contribution is 5.88. The fourth-order valence-corrected chi connectivity index (χ4v) is 2.78. The summed E-state index contributed by atoms with van der Waals surface area (Å²) in [4.78, 5) is 22.1. The number of aromatic nitrogens is 2. The molecule has 6 heteroatoms. The fourth-order valence-electron chi connectivity index (χ4n) is 2.78. The molecule has 1 fully saturated rings. The van der Waals surface area contributed by atoms with Crippen LogP contribution in [0.1, 0.15) is 19.0 Å². The molecule has 1 aliphatic rings. The van der Waals surface area contributed by atoms with E-state index in [1.54, 1.807) is 6.20 Å². The summed E-state index contributed by atoms with van der Waals surface area (Å²) in [5.41, 5.74) is 3.93. The van der Waals surface area contributed by atoms with Crippen molar-refractivity contribution < 1.29 is 4.79 Å². The maximum atomic E-state index is 11.2. The Morgan fingerprint density at radius 2 is 2.17 bits per heavy atom. The smallest absolute Gasteiger partial charge is 0.222 e. The molecular formula is C18H21N5O. The number of nitrogens with one attached hydrogen (secondary N) is 2. The van der Waals surface area contributed by atoms with Crippen LogP contribution >= 0.6 is 0 Å². The SMILES string of the molecule is C=C1NCCCN1c1cc(-c2ccnc(NC(C)=O)c2)cnc1C. The largest absolute Gasteiger partial charge is 0.372 e. The lowest BCUT2D eigenvalue weighted by molar-refractivity contribution is -0.114. The Kier molecular flexibility index (Phi) is 4.46. The summed E-state index contributed by atoms with van der Waals surface area (Å²) in [5, 5.41) is 6.00. The Morgan fingerprint density at radius 3 is 2.92 bits per heavy atom. The van der Waals surface area contributed by atoms with Gasteiger partial charge in [0, 0.05) is 38.0 Å². The minimum atomic E-state index is -0.141. The zero-order chi connectivity index (χ0) is 17.1. The van der Waals surface area contributed by atoms with Crippen molar-refractivity contribution in [3.8, 4) is 11.1 Å². The molecule has 0 saturated carbocycles. The molecule has 124 valence electrons. The lowest BCUT2D eigenvalue weighted by atomic mass is 10.1. The molecule has 2 aromatic heterocycles. The first-order chi connectivity index (χ1) is 11.5. The molecule has 6 nitrogen and oxygen atoms in total. The standard InChI is InChI=1S/C18H21N5O/c1-12-17(23-8-4-6-19-13(23)2)9-16(11-21-12)15-5-7-20-18(10-15)22-14(3)24/h5,7,9-11,19H,2,4,6,8H2,1,3H3,(H,20,22,24). The van der Waals surface area contributed by atoms with Crippen LogP contribution in [0.15, 0.2) is 43.0 Å². The number of pyridine rings is 2. The minimum Gasteiger partial charge on any atom is -0.372 e. The highest BCUT2D eigenvalue weighted by atomic mass is 16.1. The molecule has 0 spiro atoms. The summed E-state index contributed by atoms with van der Waals surface area (Å²) >= 11 is 0. The Morgan fingerprint density at radius 1 is 1.33 bits per heavy atom. The van der Waals surface area contributed by atoms with E-state index < -0.39 is 0 Å². The number of hydrogen-bond donors (Lipinski definition) is 2. The van der Waals surface area contributed by atoms with Gasteiger partial charge in [-0.25, -0.2) is 4.98 Å². The van der Waals surface area contributed by atoms with Crippen LogP contribution in [0, 0.1) is 6.92 Å². The van der Waals surface area contributed by atoms with Gasteiger partial charge in [-0.2, -0.15) is 0 Å². The highest BCUT2D eigenvalue weighted by Crippen LogP contribution is 2.29.